The van der Waals surface area contributed by atoms with Crippen molar-refractivity contribution in [2.24, 2.45) is 0 Å². The Balaban J connectivity index is 1.95. The molecular weight excluding hydrogens is 349 g/mol. The van der Waals surface area contributed by atoms with Gasteiger partial charge in [0.15, 0.2) is 0 Å². The summed E-state index contributed by atoms with van der Waals surface area (Å²) in [6.07, 6.45) is 0.279. The van der Waals surface area contributed by atoms with Gasteiger partial charge in [0, 0.05) is 10.6 Å². The molecule has 4 nitrogen and oxygen atoms in total. The molecule has 0 aliphatic carbocycles. The van der Waals surface area contributed by atoms with Gasteiger partial charge in [0.1, 0.15) is 5.82 Å². The molecule has 0 saturated heterocycles. The minimum Gasteiger partial charge on any atom is -0.469 e. The van der Waals surface area contributed by atoms with Crippen LogP contribution in [0.4, 0.5) is 4.39 Å². The van der Waals surface area contributed by atoms with Gasteiger partial charge in [-0.2, -0.15) is 11.8 Å². The number of nitrogens with one attached hydrogen (secondary N) is 1. The maximum absolute atomic E-state index is 13.1. The zero-order valence-electron chi connectivity index (χ0n) is 13.2. The number of amides is 1. The zero-order valence-corrected chi connectivity index (χ0v) is 14.8. The molecule has 0 spiro atoms. The summed E-state index contributed by atoms with van der Waals surface area (Å²) in [5, 5.41) is 4.90. The molecule has 7 heteroatoms. The van der Waals surface area contributed by atoms with Crippen LogP contribution < -0.4 is 5.32 Å². The van der Waals surface area contributed by atoms with E-state index in [-0.39, 0.29) is 35.9 Å². The second-order valence-corrected chi connectivity index (χ2v) is 7.03. The number of hydrogen-bond donors (Lipinski definition) is 1. The highest BCUT2D eigenvalue weighted by molar-refractivity contribution is 7.99. The van der Waals surface area contributed by atoms with E-state index < -0.39 is 0 Å². The van der Waals surface area contributed by atoms with Gasteiger partial charge >= 0.3 is 5.97 Å². The normalized spacial score (nSPS) is 11.8. The average molecular weight is 367 g/mol. The minimum atomic E-state index is -0.312. The first-order valence-electron chi connectivity index (χ1n) is 7.33. The van der Waals surface area contributed by atoms with Crippen molar-refractivity contribution in [3.63, 3.8) is 0 Å². The first kappa shape index (κ1) is 18.5. The van der Waals surface area contributed by atoms with Crippen molar-refractivity contribution >= 4 is 35.0 Å². The third-order valence-electron chi connectivity index (χ3n) is 3.25. The number of benzene rings is 1. The fourth-order valence-electron chi connectivity index (χ4n) is 2.05. The number of ether oxygens (including phenoxy) is 1. The van der Waals surface area contributed by atoms with Crippen LogP contribution in [0.3, 0.4) is 0 Å². The number of thioether (sulfide) groups is 1. The van der Waals surface area contributed by atoms with Crippen molar-refractivity contribution in [1.29, 1.82) is 0 Å². The molecule has 2 aromatic rings. The van der Waals surface area contributed by atoms with Gasteiger partial charge in [-0.05, 0) is 29.1 Å². The molecule has 0 unspecified atom stereocenters. The van der Waals surface area contributed by atoms with Crippen molar-refractivity contribution in [3.8, 4) is 0 Å². The lowest BCUT2D eigenvalue weighted by Crippen LogP contribution is -2.30. The number of esters is 1. The van der Waals surface area contributed by atoms with Gasteiger partial charge in [-0.1, -0.05) is 18.2 Å². The van der Waals surface area contributed by atoms with Gasteiger partial charge in [0.05, 0.1) is 25.3 Å². The van der Waals surface area contributed by atoms with E-state index in [4.69, 9.17) is 0 Å². The summed E-state index contributed by atoms with van der Waals surface area (Å²) in [7, 11) is 1.34. The van der Waals surface area contributed by atoms with Crippen LogP contribution in [0.5, 0.6) is 0 Å². The molecular formula is C17H18FNO3S2. The van der Waals surface area contributed by atoms with Crippen LogP contribution in [-0.4, -0.2) is 30.5 Å². The van der Waals surface area contributed by atoms with Crippen molar-refractivity contribution < 1.29 is 18.7 Å². The van der Waals surface area contributed by atoms with Crippen LogP contribution in [0.1, 0.15) is 22.9 Å². The largest absolute Gasteiger partial charge is 0.469 e. The number of hydrogen-bond acceptors (Lipinski definition) is 5. The number of thiophene rings is 1. The Hall–Kier alpha value is -1.86. The van der Waals surface area contributed by atoms with E-state index in [1.807, 2.05) is 17.5 Å². The van der Waals surface area contributed by atoms with E-state index in [0.29, 0.717) is 5.75 Å². The molecule has 2 rings (SSSR count). The molecule has 0 aliphatic heterocycles. The van der Waals surface area contributed by atoms with Gasteiger partial charge in [0.2, 0.25) is 5.91 Å². The van der Waals surface area contributed by atoms with Gasteiger partial charge in [-0.3, -0.25) is 9.59 Å². The molecule has 0 fully saturated rings. The quantitative estimate of drug-likeness (QED) is 0.574. The second-order valence-electron chi connectivity index (χ2n) is 4.95. The highest BCUT2D eigenvalue weighted by Crippen LogP contribution is 2.26. The summed E-state index contributed by atoms with van der Waals surface area (Å²) in [6.45, 7) is 0. The smallest absolute Gasteiger partial charge is 0.306 e. The lowest BCUT2D eigenvalue weighted by atomic mass is 10.1. The van der Waals surface area contributed by atoms with Crippen LogP contribution >= 0.6 is 23.1 Å². The van der Waals surface area contributed by atoms with Crippen LogP contribution in [0.15, 0.2) is 41.8 Å². The standard InChI is InChI=1S/C17H18FNO3S2/c1-22-16(21)8-10-23-11-15(20)19-17(14-3-2-9-24-14)12-4-6-13(18)7-5-12/h2-7,9,17H,8,10-11H2,1H3,(H,19,20)/t17-/m1/s1. The summed E-state index contributed by atoms with van der Waals surface area (Å²) in [4.78, 5) is 24.2. The van der Waals surface area contributed by atoms with Gasteiger partial charge in [0.25, 0.3) is 0 Å². The number of rotatable bonds is 8. The summed E-state index contributed by atoms with van der Waals surface area (Å²) in [5.41, 5.74) is 0.826. The molecule has 1 aromatic heterocycles. The van der Waals surface area contributed by atoms with Crippen molar-refractivity contribution in [1.82, 2.24) is 5.32 Å². The second kappa shape index (κ2) is 9.44. The summed E-state index contributed by atoms with van der Waals surface area (Å²) < 4.78 is 17.7. The number of carbonyl (C=O) groups excluding carboxylic acids is 2. The van der Waals surface area contributed by atoms with Gasteiger partial charge < -0.3 is 10.1 Å². The first-order chi connectivity index (χ1) is 11.6. The Kier molecular flexibility index (Phi) is 7.27. The number of halogens is 1. The molecule has 1 amide bonds. The molecule has 1 heterocycles. The third-order valence-corrected chi connectivity index (χ3v) is 5.14. The molecule has 0 bridgehead atoms. The fraction of sp³-hybridized carbons (Fsp3) is 0.294. The van der Waals surface area contributed by atoms with Crippen molar-refractivity contribution in [3.05, 3.63) is 58.0 Å². The molecule has 1 N–H and O–H groups in total. The summed E-state index contributed by atoms with van der Waals surface area (Å²) in [5.74, 6) is 0.0482. The Morgan fingerprint density at radius 2 is 2.04 bits per heavy atom. The molecule has 1 atom stereocenters. The molecule has 24 heavy (non-hydrogen) atoms. The Labute approximate surface area is 148 Å². The van der Waals surface area contributed by atoms with Gasteiger partial charge in [-0.25, -0.2) is 4.39 Å². The van der Waals surface area contributed by atoms with E-state index in [1.165, 1.54) is 42.3 Å². The molecule has 0 radical (unpaired) electrons. The molecule has 0 saturated carbocycles. The fourth-order valence-corrected chi connectivity index (χ4v) is 3.58. The maximum atomic E-state index is 13.1. The lowest BCUT2D eigenvalue weighted by Gasteiger charge is -2.18. The van der Waals surface area contributed by atoms with E-state index in [9.17, 15) is 14.0 Å². The topological polar surface area (TPSA) is 55.4 Å². The number of methoxy groups -OCH3 is 1. The Morgan fingerprint density at radius 1 is 1.29 bits per heavy atom. The van der Waals surface area contributed by atoms with Crippen molar-refractivity contribution in [2.75, 3.05) is 18.6 Å². The Morgan fingerprint density at radius 3 is 2.67 bits per heavy atom. The van der Waals surface area contributed by atoms with E-state index >= 15 is 0 Å². The third kappa shape index (κ3) is 5.65. The summed E-state index contributed by atoms with van der Waals surface area (Å²) >= 11 is 2.90. The minimum absolute atomic E-state index is 0.132. The lowest BCUT2D eigenvalue weighted by molar-refractivity contribution is -0.140. The highest BCUT2D eigenvalue weighted by Gasteiger charge is 2.18. The van der Waals surface area contributed by atoms with Crippen LogP contribution in [0.25, 0.3) is 0 Å². The number of carbonyl (C=O) groups is 2. The predicted molar refractivity (Wildman–Crippen MR) is 94.7 cm³/mol. The summed E-state index contributed by atoms with van der Waals surface area (Å²) in [6, 6.07) is 9.64. The van der Waals surface area contributed by atoms with E-state index in [2.05, 4.69) is 10.1 Å². The SMILES string of the molecule is COC(=O)CCSCC(=O)N[C@H](c1ccc(F)cc1)c1cccs1. The maximum Gasteiger partial charge on any atom is 0.306 e. The van der Waals surface area contributed by atoms with Crippen molar-refractivity contribution in [2.45, 2.75) is 12.5 Å². The van der Waals surface area contributed by atoms with Crippen LogP contribution in [0, 0.1) is 5.82 Å². The zero-order chi connectivity index (χ0) is 17.4. The van der Waals surface area contributed by atoms with Crippen LogP contribution in [-0.2, 0) is 14.3 Å². The Bertz CT molecular complexity index is 659. The van der Waals surface area contributed by atoms with Crippen LogP contribution in [0.2, 0.25) is 0 Å². The highest BCUT2D eigenvalue weighted by atomic mass is 32.2. The molecule has 1 aromatic carbocycles. The predicted octanol–water partition coefficient (Wildman–Crippen LogP) is 3.39. The first-order valence-corrected chi connectivity index (χ1v) is 9.36. The monoisotopic (exact) mass is 367 g/mol. The van der Waals surface area contributed by atoms with Gasteiger partial charge in [-0.15, -0.1) is 11.3 Å². The molecule has 128 valence electrons. The molecule has 0 aliphatic rings. The van der Waals surface area contributed by atoms with E-state index in [1.54, 1.807) is 12.1 Å². The van der Waals surface area contributed by atoms with E-state index in [0.717, 1.165) is 10.4 Å². The average Bonchev–Trinajstić information content (AvgIpc) is 3.11.